The fourth-order valence-electron chi connectivity index (χ4n) is 1.47. The average molecular weight is 220 g/mol. The van der Waals surface area contributed by atoms with Crippen LogP contribution in [0.1, 0.15) is 21.7 Å². The van der Waals surface area contributed by atoms with Crippen molar-refractivity contribution in [3.63, 3.8) is 0 Å². The number of hydrogen-bond donors (Lipinski definition) is 1. The standard InChI is InChI=1S/C12H10ClNO/c13-12(15)11-7-6-10(14-11)8-9-4-2-1-3-5-9/h1-7,14H,8H2. The van der Waals surface area contributed by atoms with Crippen molar-refractivity contribution in [1.29, 1.82) is 0 Å². The van der Waals surface area contributed by atoms with Crippen molar-refractivity contribution >= 4 is 16.8 Å². The van der Waals surface area contributed by atoms with Crippen LogP contribution in [0.25, 0.3) is 0 Å². The highest BCUT2D eigenvalue weighted by Crippen LogP contribution is 2.10. The molecule has 2 aromatic rings. The summed E-state index contributed by atoms with van der Waals surface area (Å²) in [6, 6.07) is 13.6. The SMILES string of the molecule is O=C(Cl)c1ccc(Cc2ccccc2)[nH]1. The molecular formula is C12H10ClNO. The Bertz CT molecular complexity index is 461. The van der Waals surface area contributed by atoms with Gasteiger partial charge in [0.15, 0.2) is 0 Å². The van der Waals surface area contributed by atoms with Gasteiger partial charge >= 0.3 is 0 Å². The molecule has 0 aliphatic carbocycles. The van der Waals surface area contributed by atoms with Crippen LogP contribution in [0.3, 0.4) is 0 Å². The second kappa shape index (κ2) is 4.32. The molecule has 1 aromatic heterocycles. The highest BCUT2D eigenvalue weighted by atomic mass is 35.5. The Morgan fingerprint density at radius 3 is 2.47 bits per heavy atom. The highest BCUT2D eigenvalue weighted by Gasteiger charge is 2.04. The Balaban J connectivity index is 2.15. The summed E-state index contributed by atoms with van der Waals surface area (Å²) in [5, 5.41) is -0.450. The monoisotopic (exact) mass is 219 g/mol. The summed E-state index contributed by atoms with van der Waals surface area (Å²) >= 11 is 5.35. The van der Waals surface area contributed by atoms with Gasteiger partial charge in [0.2, 0.25) is 0 Å². The first-order chi connectivity index (χ1) is 7.25. The van der Waals surface area contributed by atoms with Gasteiger partial charge in [-0.2, -0.15) is 0 Å². The van der Waals surface area contributed by atoms with E-state index in [1.165, 1.54) is 5.56 Å². The minimum atomic E-state index is -0.450. The number of nitrogens with one attached hydrogen (secondary N) is 1. The van der Waals surface area contributed by atoms with E-state index in [2.05, 4.69) is 4.98 Å². The van der Waals surface area contributed by atoms with Crippen LogP contribution in [0.2, 0.25) is 0 Å². The first kappa shape index (κ1) is 9.99. The third kappa shape index (κ3) is 2.48. The summed E-state index contributed by atoms with van der Waals surface area (Å²) in [5.41, 5.74) is 2.64. The van der Waals surface area contributed by atoms with Crippen LogP contribution in [-0.4, -0.2) is 10.2 Å². The largest absolute Gasteiger partial charge is 0.355 e. The number of benzene rings is 1. The molecule has 1 N–H and O–H groups in total. The molecule has 0 saturated carbocycles. The predicted molar refractivity (Wildman–Crippen MR) is 60.2 cm³/mol. The molecule has 2 nitrogen and oxygen atoms in total. The maximum Gasteiger partial charge on any atom is 0.268 e. The predicted octanol–water partition coefficient (Wildman–Crippen LogP) is 2.98. The zero-order chi connectivity index (χ0) is 10.7. The molecule has 0 aliphatic heterocycles. The zero-order valence-corrected chi connectivity index (χ0v) is 8.79. The van der Waals surface area contributed by atoms with Crippen molar-refractivity contribution in [2.24, 2.45) is 0 Å². The van der Waals surface area contributed by atoms with E-state index in [9.17, 15) is 4.79 Å². The van der Waals surface area contributed by atoms with Gasteiger partial charge in [0.05, 0.1) is 5.69 Å². The lowest BCUT2D eigenvalue weighted by molar-refractivity contribution is 0.107. The van der Waals surface area contributed by atoms with Crippen LogP contribution >= 0.6 is 11.6 Å². The van der Waals surface area contributed by atoms with Gasteiger partial charge < -0.3 is 4.98 Å². The van der Waals surface area contributed by atoms with Gasteiger partial charge in [-0.3, -0.25) is 4.79 Å². The van der Waals surface area contributed by atoms with E-state index in [0.29, 0.717) is 5.69 Å². The van der Waals surface area contributed by atoms with Crippen LogP contribution < -0.4 is 0 Å². The molecule has 0 unspecified atom stereocenters. The maximum absolute atomic E-state index is 10.8. The van der Waals surface area contributed by atoms with E-state index in [1.54, 1.807) is 6.07 Å². The Kier molecular flexibility index (Phi) is 2.88. The molecule has 0 bridgehead atoms. The second-order valence-corrected chi connectivity index (χ2v) is 3.68. The summed E-state index contributed by atoms with van der Waals surface area (Å²) in [5.74, 6) is 0. The van der Waals surface area contributed by atoms with E-state index in [4.69, 9.17) is 11.6 Å². The van der Waals surface area contributed by atoms with Crippen molar-refractivity contribution in [3.05, 3.63) is 59.4 Å². The van der Waals surface area contributed by atoms with Gasteiger partial charge in [0.25, 0.3) is 5.24 Å². The summed E-state index contributed by atoms with van der Waals surface area (Å²) in [7, 11) is 0. The molecule has 3 heteroatoms. The normalized spacial score (nSPS) is 10.2. The van der Waals surface area contributed by atoms with Crippen molar-refractivity contribution in [1.82, 2.24) is 4.98 Å². The van der Waals surface area contributed by atoms with E-state index >= 15 is 0 Å². The van der Waals surface area contributed by atoms with E-state index in [0.717, 1.165) is 12.1 Å². The van der Waals surface area contributed by atoms with E-state index < -0.39 is 5.24 Å². The van der Waals surface area contributed by atoms with Crippen LogP contribution in [0.4, 0.5) is 0 Å². The average Bonchev–Trinajstić information content (AvgIpc) is 2.68. The number of carbonyl (C=O) groups excluding carboxylic acids is 1. The van der Waals surface area contributed by atoms with Gasteiger partial charge in [0, 0.05) is 12.1 Å². The Hall–Kier alpha value is -1.54. The smallest absolute Gasteiger partial charge is 0.268 e. The van der Waals surface area contributed by atoms with Crippen LogP contribution in [-0.2, 0) is 6.42 Å². The summed E-state index contributed by atoms with van der Waals surface area (Å²) < 4.78 is 0. The van der Waals surface area contributed by atoms with Crippen LogP contribution in [0.15, 0.2) is 42.5 Å². The Morgan fingerprint density at radius 1 is 1.13 bits per heavy atom. The number of rotatable bonds is 3. The lowest BCUT2D eigenvalue weighted by Gasteiger charge is -1.97. The van der Waals surface area contributed by atoms with E-state index in [1.807, 2.05) is 36.4 Å². The maximum atomic E-state index is 10.8. The zero-order valence-electron chi connectivity index (χ0n) is 8.03. The first-order valence-corrected chi connectivity index (χ1v) is 5.05. The minimum Gasteiger partial charge on any atom is -0.355 e. The quantitative estimate of drug-likeness (QED) is 0.791. The molecule has 0 atom stereocenters. The first-order valence-electron chi connectivity index (χ1n) is 4.67. The van der Waals surface area contributed by atoms with Crippen molar-refractivity contribution in [3.8, 4) is 0 Å². The molecule has 0 spiro atoms. The summed E-state index contributed by atoms with van der Waals surface area (Å²) in [6.07, 6.45) is 0.783. The fourth-order valence-corrected chi connectivity index (χ4v) is 1.58. The van der Waals surface area contributed by atoms with Crippen molar-refractivity contribution < 1.29 is 4.79 Å². The van der Waals surface area contributed by atoms with Crippen LogP contribution in [0, 0.1) is 0 Å². The van der Waals surface area contributed by atoms with Crippen molar-refractivity contribution in [2.75, 3.05) is 0 Å². The topological polar surface area (TPSA) is 32.9 Å². The Labute approximate surface area is 92.9 Å². The molecule has 0 radical (unpaired) electrons. The molecular weight excluding hydrogens is 210 g/mol. The molecule has 0 fully saturated rings. The number of hydrogen-bond acceptors (Lipinski definition) is 1. The number of halogens is 1. The summed E-state index contributed by atoms with van der Waals surface area (Å²) in [6.45, 7) is 0. The van der Waals surface area contributed by atoms with E-state index in [-0.39, 0.29) is 0 Å². The molecule has 2 rings (SSSR count). The molecule has 76 valence electrons. The van der Waals surface area contributed by atoms with Gasteiger partial charge in [-0.25, -0.2) is 0 Å². The minimum absolute atomic E-state index is 0.447. The highest BCUT2D eigenvalue weighted by molar-refractivity contribution is 6.67. The van der Waals surface area contributed by atoms with Crippen LogP contribution in [0.5, 0.6) is 0 Å². The molecule has 1 heterocycles. The summed E-state index contributed by atoms with van der Waals surface area (Å²) in [4.78, 5) is 13.8. The lowest BCUT2D eigenvalue weighted by atomic mass is 10.1. The molecule has 1 aromatic carbocycles. The lowest BCUT2D eigenvalue weighted by Crippen LogP contribution is -1.91. The third-order valence-corrected chi connectivity index (χ3v) is 2.40. The number of aromatic amines is 1. The van der Waals surface area contributed by atoms with Gasteiger partial charge in [-0.05, 0) is 29.3 Å². The second-order valence-electron chi connectivity index (χ2n) is 3.33. The molecule has 0 aliphatic rings. The molecule has 0 saturated heterocycles. The van der Waals surface area contributed by atoms with Gasteiger partial charge in [-0.15, -0.1) is 0 Å². The number of aromatic nitrogens is 1. The Morgan fingerprint density at radius 2 is 1.87 bits per heavy atom. The van der Waals surface area contributed by atoms with Crippen molar-refractivity contribution in [2.45, 2.75) is 6.42 Å². The third-order valence-electron chi connectivity index (χ3n) is 2.20. The number of H-pyrrole nitrogens is 1. The fraction of sp³-hybridized carbons (Fsp3) is 0.0833. The molecule has 15 heavy (non-hydrogen) atoms. The van der Waals surface area contributed by atoms with Gasteiger partial charge in [-0.1, -0.05) is 30.3 Å². The van der Waals surface area contributed by atoms with Gasteiger partial charge in [0.1, 0.15) is 0 Å². The molecule has 0 amide bonds. The number of carbonyl (C=O) groups is 1.